The first-order chi connectivity index (χ1) is 9.53. The number of amides is 1. The van der Waals surface area contributed by atoms with E-state index in [4.69, 9.17) is 0 Å². The number of hydrogen-bond donors (Lipinski definition) is 1. The van der Waals surface area contributed by atoms with Gasteiger partial charge in [-0.05, 0) is 19.3 Å². The highest BCUT2D eigenvalue weighted by Crippen LogP contribution is 2.15. The van der Waals surface area contributed by atoms with Crippen molar-refractivity contribution in [2.24, 2.45) is 0 Å². The molecule has 0 bridgehead atoms. The summed E-state index contributed by atoms with van der Waals surface area (Å²) in [5.41, 5.74) is 0. The van der Waals surface area contributed by atoms with Gasteiger partial charge in [-0.25, -0.2) is 22.5 Å². The summed E-state index contributed by atoms with van der Waals surface area (Å²) in [5.74, 6) is 0.194. The lowest BCUT2D eigenvalue weighted by atomic mass is 10.1. The number of piperidine rings is 1. The quantitative estimate of drug-likeness (QED) is 0.884. The van der Waals surface area contributed by atoms with Crippen molar-refractivity contribution in [2.75, 3.05) is 18.8 Å². The number of carbonyl (C=O) groups is 1. The van der Waals surface area contributed by atoms with E-state index in [-0.39, 0.29) is 17.8 Å². The number of carbonyl (C=O) groups excluding carboxylic acids is 1. The van der Waals surface area contributed by atoms with Crippen LogP contribution < -0.4 is 5.32 Å². The molecule has 2 rings (SSSR count). The van der Waals surface area contributed by atoms with Gasteiger partial charge in [-0.2, -0.15) is 0 Å². The molecule has 1 aliphatic rings. The van der Waals surface area contributed by atoms with Crippen molar-refractivity contribution in [1.82, 2.24) is 19.2 Å². The second kappa shape index (κ2) is 6.36. The Morgan fingerprint density at radius 2 is 2.10 bits per heavy atom. The van der Waals surface area contributed by atoms with Crippen molar-refractivity contribution in [2.45, 2.75) is 32.2 Å². The van der Waals surface area contributed by atoms with Crippen LogP contribution in [0.5, 0.6) is 0 Å². The summed E-state index contributed by atoms with van der Waals surface area (Å²) in [7, 11) is -3.12. The van der Waals surface area contributed by atoms with E-state index in [0.29, 0.717) is 32.4 Å². The first-order valence-electron chi connectivity index (χ1n) is 6.79. The maximum atomic E-state index is 11.9. The number of aromatic nitrogens is 2. The minimum atomic E-state index is -3.12. The maximum Gasteiger partial charge on any atom is 0.327 e. The molecule has 1 N–H and O–H groups in total. The van der Waals surface area contributed by atoms with Gasteiger partial charge in [-0.1, -0.05) is 6.92 Å². The molecule has 1 aliphatic heterocycles. The predicted molar refractivity (Wildman–Crippen MR) is 74.8 cm³/mol. The Bertz CT molecular complexity index is 533. The predicted octanol–water partition coefficient (Wildman–Crippen LogP) is 0.645. The monoisotopic (exact) mass is 300 g/mol. The molecule has 1 saturated heterocycles. The SMILES string of the molecule is CCCS(=O)(=O)N1CCC(NC(=O)n2ccnc2)CC1. The Morgan fingerprint density at radius 1 is 1.40 bits per heavy atom. The van der Waals surface area contributed by atoms with Crippen molar-refractivity contribution in [3.8, 4) is 0 Å². The molecular formula is C12H20N4O3S. The largest absolute Gasteiger partial charge is 0.335 e. The van der Waals surface area contributed by atoms with E-state index in [0.717, 1.165) is 0 Å². The van der Waals surface area contributed by atoms with Crippen molar-refractivity contribution >= 4 is 16.1 Å². The van der Waals surface area contributed by atoms with Gasteiger partial charge in [0, 0.05) is 31.5 Å². The van der Waals surface area contributed by atoms with Gasteiger partial charge in [0.05, 0.1) is 5.75 Å². The number of imidazole rings is 1. The summed E-state index contributed by atoms with van der Waals surface area (Å²) >= 11 is 0. The van der Waals surface area contributed by atoms with Crippen LogP contribution in [-0.2, 0) is 10.0 Å². The van der Waals surface area contributed by atoms with Crippen molar-refractivity contribution < 1.29 is 13.2 Å². The number of nitrogens with zero attached hydrogens (tertiary/aromatic N) is 3. The fraction of sp³-hybridized carbons (Fsp3) is 0.667. The molecule has 0 atom stereocenters. The number of hydrogen-bond acceptors (Lipinski definition) is 4. The Labute approximate surface area is 119 Å². The topological polar surface area (TPSA) is 84.3 Å². The van der Waals surface area contributed by atoms with Crippen LogP contribution in [0.3, 0.4) is 0 Å². The van der Waals surface area contributed by atoms with Crippen LogP contribution in [0.2, 0.25) is 0 Å². The summed E-state index contributed by atoms with van der Waals surface area (Å²) in [6.45, 7) is 2.80. The lowest BCUT2D eigenvalue weighted by Gasteiger charge is -2.31. The van der Waals surface area contributed by atoms with E-state index in [9.17, 15) is 13.2 Å². The fourth-order valence-electron chi connectivity index (χ4n) is 2.29. The van der Waals surface area contributed by atoms with Gasteiger partial charge in [0.25, 0.3) is 0 Å². The molecule has 1 fully saturated rings. The van der Waals surface area contributed by atoms with Crippen molar-refractivity contribution in [3.05, 3.63) is 18.7 Å². The standard InChI is InChI=1S/C12H20N4O3S/c1-2-9-20(18,19)16-6-3-11(4-7-16)14-12(17)15-8-5-13-10-15/h5,8,10-11H,2-4,6-7,9H2,1H3,(H,14,17). The van der Waals surface area contributed by atoms with Crippen LogP contribution in [-0.4, -0.2) is 53.2 Å². The molecule has 8 heteroatoms. The summed E-state index contributed by atoms with van der Waals surface area (Å²) < 4.78 is 26.8. The second-order valence-electron chi connectivity index (χ2n) is 4.91. The number of rotatable bonds is 4. The van der Waals surface area contributed by atoms with Crippen LogP contribution >= 0.6 is 0 Å². The fourth-order valence-corrected chi connectivity index (χ4v) is 3.84. The Balaban J connectivity index is 1.84. The lowest BCUT2D eigenvalue weighted by molar-refractivity contribution is 0.229. The van der Waals surface area contributed by atoms with Crippen LogP contribution in [0.15, 0.2) is 18.7 Å². The molecule has 20 heavy (non-hydrogen) atoms. The molecule has 1 aromatic heterocycles. The smallest absolute Gasteiger partial charge is 0.327 e. The molecule has 0 spiro atoms. The first-order valence-corrected chi connectivity index (χ1v) is 8.40. The highest BCUT2D eigenvalue weighted by Gasteiger charge is 2.28. The van der Waals surface area contributed by atoms with E-state index >= 15 is 0 Å². The molecule has 0 unspecified atom stereocenters. The second-order valence-corrected chi connectivity index (χ2v) is 7.00. The van der Waals surface area contributed by atoms with Gasteiger partial charge in [0.15, 0.2) is 0 Å². The lowest BCUT2D eigenvalue weighted by Crippen LogP contribution is -2.47. The Hall–Kier alpha value is -1.41. The zero-order valence-electron chi connectivity index (χ0n) is 11.5. The summed E-state index contributed by atoms with van der Waals surface area (Å²) in [5, 5.41) is 2.89. The molecule has 0 aliphatic carbocycles. The third-order valence-electron chi connectivity index (χ3n) is 3.38. The number of sulfonamides is 1. The molecule has 7 nitrogen and oxygen atoms in total. The molecular weight excluding hydrogens is 280 g/mol. The van der Waals surface area contributed by atoms with E-state index in [1.54, 1.807) is 12.4 Å². The average Bonchev–Trinajstić information content (AvgIpc) is 2.93. The minimum absolute atomic E-state index is 0.0120. The highest BCUT2D eigenvalue weighted by atomic mass is 32.2. The molecule has 112 valence electrons. The van der Waals surface area contributed by atoms with Crippen LogP contribution in [0.25, 0.3) is 0 Å². The third-order valence-corrected chi connectivity index (χ3v) is 5.45. The van der Waals surface area contributed by atoms with Crippen molar-refractivity contribution in [3.63, 3.8) is 0 Å². The number of nitrogens with one attached hydrogen (secondary N) is 1. The highest BCUT2D eigenvalue weighted by molar-refractivity contribution is 7.89. The van der Waals surface area contributed by atoms with E-state index in [1.165, 1.54) is 15.2 Å². The molecule has 1 aromatic rings. The van der Waals surface area contributed by atoms with Gasteiger partial charge < -0.3 is 5.32 Å². The van der Waals surface area contributed by atoms with E-state index in [2.05, 4.69) is 10.3 Å². The van der Waals surface area contributed by atoms with Crippen LogP contribution in [0.4, 0.5) is 4.79 Å². The first kappa shape index (κ1) is 15.0. The summed E-state index contributed by atoms with van der Waals surface area (Å²) in [6, 6.07) is -0.213. The summed E-state index contributed by atoms with van der Waals surface area (Å²) in [4.78, 5) is 15.7. The van der Waals surface area contributed by atoms with Crippen LogP contribution in [0, 0.1) is 0 Å². The van der Waals surface area contributed by atoms with E-state index < -0.39 is 10.0 Å². The Morgan fingerprint density at radius 3 is 2.65 bits per heavy atom. The average molecular weight is 300 g/mol. The molecule has 2 heterocycles. The van der Waals surface area contributed by atoms with Gasteiger partial charge in [0.1, 0.15) is 6.33 Å². The van der Waals surface area contributed by atoms with Gasteiger partial charge in [-0.3, -0.25) is 4.57 Å². The zero-order valence-corrected chi connectivity index (χ0v) is 12.3. The normalized spacial score (nSPS) is 18.1. The van der Waals surface area contributed by atoms with E-state index in [1.807, 2.05) is 6.92 Å². The Kier molecular flexibility index (Phi) is 4.77. The molecule has 0 saturated carbocycles. The molecule has 0 radical (unpaired) electrons. The zero-order chi connectivity index (χ0) is 14.6. The maximum absolute atomic E-state index is 11.9. The van der Waals surface area contributed by atoms with Gasteiger partial charge >= 0.3 is 6.03 Å². The summed E-state index contributed by atoms with van der Waals surface area (Å²) in [6.07, 6.45) is 6.47. The van der Waals surface area contributed by atoms with Crippen molar-refractivity contribution in [1.29, 1.82) is 0 Å². The van der Waals surface area contributed by atoms with Gasteiger partial charge in [-0.15, -0.1) is 0 Å². The molecule has 0 aromatic carbocycles. The minimum Gasteiger partial charge on any atom is -0.335 e. The molecule has 1 amide bonds. The van der Waals surface area contributed by atoms with Gasteiger partial charge in [0.2, 0.25) is 10.0 Å². The van der Waals surface area contributed by atoms with Crippen LogP contribution in [0.1, 0.15) is 26.2 Å². The third kappa shape index (κ3) is 3.57.